The summed E-state index contributed by atoms with van der Waals surface area (Å²) in [7, 11) is 0. The van der Waals surface area contributed by atoms with E-state index in [-0.39, 0.29) is 0 Å². The van der Waals surface area contributed by atoms with Gasteiger partial charge in [0.1, 0.15) is 0 Å². The van der Waals surface area contributed by atoms with Crippen molar-refractivity contribution in [2.45, 2.75) is 6.92 Å². The van der Waals surface area contributed by atoms with Gasteiger partial charge >= 0.3 is 0 Å². The van der Waals surface area contributed by atoms with E-state index in [2.05, 4.69) is 45.3 Å². The van der Waals surface area contributed by atoms with E-state index in [9.17, 15) is 0 Å². The molecule has 20 heavy (non-hydrogen) atoms. The number of nitrogens with one attached hydrogen (secondary N) is 1. The Labute approximate surface area is 116 Å². The van der Waals surface area contributed by atoms with E-state index in [4.69, 9.17) is 0 Å². The number of aromatic amines is 1. The van der Waals surface area contributed by atoms with Gasteiger partial charge in [0.05, 0.1) is 11.2 Å². The minimum Gasteiger partial charge on any atom is -0.353 e. The summed E-state index contributed by atoms with van der Waals surface area (Å²) in [5, 5.41) is 2.43. The molecule has 3 nitrogen and oxygen atoms in total. The zero-order valence-corrected chi connectivity index (χ0v) is 11.1. The molecule has 0 unspecified atom stereocenters. The maximum absolute atomic E-state index is 4.53. The number of pyridine rings is 2. The zero-order chi connectivity index (χ0) is 13.5. The van der Waals surface area contributed by atoms with E-state index < -0.39 is 0 Å². The van der Waals surface area contributed by atoms with Gasteiger partial charge in [0, 0.05) is 39.9 Å². The summed E-state index contributed by atoms with van der Waals surface area (Å²) in [4.78, 5) is 12.4. The van der Waals surface area contributed by atoms with Crippen molar-refractivity contribution in [3.05, 3.63) is 60.6 Å². The molecular formula is C17H13N3. The summed E-state index contributed by atoms with van der Waals surface area (Å²) >= 11 is 0. The lowest BCUT2D eigenvalue weighted by molar-refractivity contribution is 1.19. The molecule has 3 heterocycles. The highest BCUT2D eigenvalue weighted by Gasteiger charge is 2.10. The zero-order valence-electron chi connectivity index (χ0n) is 11.1. The van der Waals surface area contributed by atoms with Crippen LogP contribution in [0.5, 0.6) is 0 Å². The van der Waals surface area contributed by atoms with E-state index in [0.29, 0.717) is 0 Å². The Balaban J connectivity index is 2.07. The number of H-pyrrole nitrogens is 1. The Kier molecular flexibility index (Phi) is 2.33. The number of para-hydroxylation sites is 1. The van der Waals surface area contributed by atoms with Gasteiger partial charge in [-0.2, -0.15) is 0 Å². The van der Waals surface area contributed by atoms with E-state index in [1.54, 1.807) is 0 Å². The monoisotopic (exact) mass is 259 g/mol. The first kappa shape index (κ1) is 11.2. The van der Waals surface area contributed by atoms with Gasteiger partial charge in [-0.15, -0.1) is 0 Å². The summed E-state index contributed by atoms with van der Waals surface area (Å²) in [5.74, 6) is 0. The molecule has 4 rings (SSSR count). The van der Waals surface area contributed by atoms with Crippen molar-refractivity contribution in [1.29, 1.82) is 0 Å². The van der Waals surface area contributed by atoms with Gasteiger partial charge in [0.2, 0.25) is 0 Å². The fourth-order valence-electron chi connectivity index (χ4n) is 2.60. The number of fused-ring (bicyclic) bond motifs is 3. The topological polar surface area (TPSA) is 41.6 Å². The number of aromatic nitrogens is 3. The molecule has 0 aliphatic carbocycles. The van der Waals surface area contributed by atoms with Crippen molar-refractivity contribution >= 4 is 21.8 Å². The highest BCUT2D eigenvalue weighted by molar-refractivity contribution is 6.10. The second kappa shape index (κ2) is 4.17. The van der Waals surface area contributed by atoms with Crippen LogP contribution in [0, 0.1) is 6.92 Å². The van der Waals surface area contributed by atoms with Crippen LogP contribution in [0.25, 0.3) is 33.1 Å². The van der Waals surface area contributed by atoms with E-state index in [1.807, 2.05) is 31.5 Å². The summed E-state index contributed by atoms with van der Waals surface area (Å²) < 4.78 is 0. The van der Waals surface area contributed by atoms with Gasteiger partial charge in [-0.3, -0.25) is 9.97 Å². The Morgan fingerprint density at radius 1 is 0.900 bits per heavy atom. The minimum atomic E-state index is 0.950. The number of rotatable bonds is 1. The van der Waals surface area contributed by atoms with E-state index in [1.165, 1.54) is 10.8 Å². The molecule has 0 fully saturated rings. The van der Waals surface area contributed by atoms with Crippen molar-refractivity contribution in [2.75, 3.05) is 0 Å². The third kappa shape index (κ3) is 1.60. The van der Waals surface area contributed by atoms with Crippen LogP contribution in [-0.2, 0) is 0 Å². The smallest absolute Gasteiger partial charge is 0.0958 e. The van der Waals surface area contributed by atoms with Gasteiger partial charge in [-0.25, -0.2) is 0 Å². The van der Waals surface area contributed by atoms with Crippen LogP contribution in [0.3, 0.4) is 0 Å². The molecule has 0 aliphatic rings. The first-order valence-electron chi connectivity index (χ1n) is 6.61. The number of hydrogen-bond acceptors (Lipinski definition) is 2. The van der Waals surface area contributed by atoms with Crippen LogP contribution in [0.1, 0.15) is 5.69 Å². The molecule has 1 N–H and O–H groups in total. The predicted molar refractivity (Wildman–Crippen MR) is 81.6 cm³/mol. The molecular weight excluding hydrogens is 246 g/mol. The highest BCUT2D eigenvalue weighted by Crippen LogP contribution is 2.30. The van der Waals surface area contributed by atoms with Gasteiger partial charge < -0.3 is 4.98 Å². The Morgan fingerprint density at radius 2 is 1.80 bits per heavy atom. The van der Waals surface area contributed by atoms with Gasteiger partial charge in [0.15, 0.2) is 0 Å². The molecule has 0 radical (unpaired) electrons. The summed E-state index contributed by atoms with van der Waals surface area (Å²) in [6.45, 7) is 1.99. The van der Waals surface area contributed by atoms with Gasteiger partial charge in [-0.1, -0.05) is 18.2 Å². The maximum Gasteiger partial charge on any atom is 0.0958 e. The quantitative estimate of drug-likeness (QED) is 0.559. The lowest BCUT2D eigenvalue weighted by Crippen LogP contribution is -1.87. The van der Waals surface area contributed by atoms with Crippen LogP contribution < -0.4 is 0 Å². The molecule has 96 valence electrons. The first-order chi connectivity index (χ1) is 9.83. The third-order valence-electron chi connectivity index (χ3n) is 3.61. The maximum atomic E-state index is 4.53. The molecule has 0 bridgehead atoms. The summed E-state index contributed by atoms with van der Waals surface area (Å²) in [5.41, 5.74) is 5.20. The number of benzene rings is 1. The Bertz CT molecular complexity index is 904. The molecule has 0 spiro atoms. The number of hydrogen-bond donors (Lipinski definition) is 1. The molecule has 0 amide bonds. The summed E-state index contributed by atoms with van der Waals surface area (Å²) in [6.07, 6.45) is 3.74. The van der Waals surface area contributed by atoms with Crippen LogP contribution in [0.2, 0.25) is 0 Å². The normalized spacial score (nSPS) is 11.2. The second-order valence-corrected chi connectivity index (χ2v) is 4.94. The average molecular weight is 259 g/mol. The molecule has 0 atom stereocenters. The van der Waals surface area contributed by atoms with Crippen LogP contribution in [0.15, 0.2) is 54.9 Å². The SMILES string of the molecule is Cc1ccc(-c2nccc3c2[nH]c2ccccc23)cn1. The van der Waals surface area contributed by atoms with Gasteiger partial charge in [0.25, 0.3) is 0 Å². The fraction of sp³-hybridized carbons (Fsp3) is 0.0588. The fourth-order valence-corrected chi connectivity index (χ4v) is 2.60. The summed E-state index contributed by atoms with van der Waals surface area (Å²) in [6, 6.07) is 14.5. The minimum absolute atomic E-state index is 0.950. The average Bonchev–Trinajstić information content (AvgIpc) is 2.87. The first-order valence-corrected chi connectivity index (χ1v) is 6.61. The lowest BCUT2D eigenvalue weighted by atomic mass is 10.1. The Morgan fingerprint density at radius 3 is 2.65 bits per heavy atom. The second-order valence-electron chi connectivity index (χ2n) is 4.94. The third-order valence-corrected chi connectivity index (χ3v) is 3.61. The van der Waals surface area contributed by atoms with Crippen LogP contribution >= 0.6 is 0 Å². The van der Waals surface area contributed by atoms with Gasteiger partial charge in [-0.05, 0) is 31.2 Å². The molecule has 3 aromatic heterocycles. The Hall–Kier alpha value is -2.68. The molecule has 3 heteroatoms. The molecule has 4 aromatic rings. The van der Waals surface area contributed by atoms with Crippen molar-refractivity contribution in [1.82, 2.24) is 15.0 Å². The van der Waals surface area contributed by atoms with Crippen molar-refractivity contribution < 1.29 is 0 Å². The van der Waals surface area contributed by atoms with Crippen LogP contribution in [0.4, 0.5) is 0 Å². The van der Waals surface area contributed by atoms with Crippen LogP contribution in [-0.4, -0.2) is 15.0 Å². The van der Waals surface area contributed by atoms with E-state index in [0.717, 1.165) is 28.0 Å². The standard InChI is InChI=1S/C17H13N3/c1-11-6-7-12(10-19-11)16-17-14(8-9-18-16)13-4-2-3-5-15(13)20-17/h2-10,20H,1H3. The predicted octanol–water partition coefficient (Wildman–Crippen LogP) is 4.09. The van der Waals surface area contributed by atoms with E-state index >= 15 is 0 Å². The highest BCUT2D eigenvalue weighted by atomic mass is 14.8. The molecule has 0 saturated carbocycles. The molecule has 1 aromatic carbocycles. The number of nitrogens with zero attached hydrogens (tertiary/aromatic N) is 2. The van der Waals surface area contributed by atoms with Crippen molar-refractivity contribution in [3.8, 4) is 11.3 Å². The molecule has 0 aliphatic heterocycles. The van der Waals surface area contributed by atoms with Crippen molar-refractivity contribution in [3.63, 3.8) is 0 Å². The lowest BCUT2D eigenvalue weighted by Gasteiger charge is -2.02. The number of aryl methyl sites for hydroxylation is 1. The largest absolute Gasteiger partial charge is 0.353 e. The molecule has 0 saturated heterocycles. The van der Waals surface area contributed by atoms with Crippen molar-refractivity contribution in [2.24, 2.45) is 0 Å².